The number of hydrogen-bond donors (Lipinski definition) is 2. The topological polar surface area (TPSA) is 66.9 Å². The Kier molecular flexibility index (Phi) is 6.10. The number of nitrogens with zero attached hydrogens (tertiary/aromatic N) is 2. The van der Waals surface area contributed by atoms with Crippen molar-refractivity contribution in [1.29, 1.82) is 0 Å². The molecular weight excluding hydrogens is 343 g/mol. The molecule has 138 valence electrons. The molecule has 1 amide bonds. The predicted octanol–water partition coefficient (Wildman–Crippen LogP) is 3.51. The Bertz CT molecular complexity index is 912. The first-order valence-corrected chi connectivity index (χ1v) is 8.75. The van der Waals surface area contributed by atoms with E-state index in [2.05, 4.69) is 20.6 Å². The largest absolute Gasteiger partial charge is 0.368 e. The van der Waals surface area contributed by atoms with E-state index in [0.717, 1.165) is 11.1 Å². The van der Waals surface area contributed by atoms with E-state index < -0.39 is 0 Å². The van der Waals surface area contributed by atoms with Crippen LogP contribution in [0.15, 0.2) is 60.9 Å². The summed E-state index contributed by atoms with van der Waals surface area (Å²) in [5, 5.41) is 5.92. The second kappa shape index (κ2) is 8.89. The van der Waals surface area contributed by atoms with Gasteiger partial charge in [0.25, 0.3) is 5.91 Å². The van der Waals surface area contributed by atoms with Crippen LogP contribution in [0.25, 0.3) is 0 Å². The third-order valence-electron chi connectivity index (χ3n) is 4.24. The highest BCUT2D eigenvalue weighted by Gasteiger charge is 2.08. The van der Waals surface area contributed by atoms with Gasteiger partial charge in [-0.25, -0.2) is 14.4 Å². The van der Waals surface area contributed by atoms with Crippen molar-refractivity contribution >= 4 is 11.7 Å². The Balaban J connectivity index is 1.50. The lowest BCUT2D eigenvalue weighted by atomic mass is 10.1. The number of amides is 1. The van der Waals surface area contributed by atoms with Gasteiger partial charge >= 0.3 is 0 Å². The van der Waals surface area contributed by atoms with E-state index in [-0.39, 0.29) is 17.4 Å². The van der Waals surface area contributed by atoms with Gasteiger partial charge in [0.15, 0.2) is 0 Å². The van der Waals surface area contributed by atoms with Crippen LogP contribution >= 0.6 is 0 Å². The second-order valence-corrected chi connectivity index (χ2v) is 6.16. The van der Waals surface area contributed by atoms with Crippen LogP contribution in [-0.4, -0.2) is 22.4 Å². The Morgan fingerprint density at radius 1 is 1.00 bits per heavy atom. The molecule has 6 heteroatoms. The van der Waals surface area contributed by atoms with E-state index in [0.29, 0.717) is 30.9 Å². The standard InChI is InChI=1S/C21H21FN4O/c1-15-6-2-3-8-17(15)12-26-21(27)19-13-25-20(14-24-19)23-11-10-16-7-4-5-9-18(16)22/h2-9,13-14H,10-12H2,1H3,(H,23,25)(H,26,27). The van der Waals surface area contributed by atoms with Crippen LogP contribution in [-0.2, 0) is 13.0 Å². The quantitative estimate of drug-likeness (QED) is 0.673. The van der Waals surface area contributed by atoms with Gasteiger partial charge in [-0.05, 0) is 36.1 Å². The number of anilines is 1. The van der Waals surface area contributed by atoms with E-state index in [4.69, 9.17) is 0 Å². The first-order chi connectivity index (χ1) is 13.1. The summed E-state index contributed by atoms with van der Waals surface area (Å²) in [6, 6.07) is 14.6. The molecule has 0 spiro atoms. The van der Waals surface area contributed by atoms with E-state index in [1.54, 1.807) is 12.1 Å². The molecule has 0 aliphatic rings. The molecule has 0 atom stereocenters. The highest BCUT2D eigenvalue weighted by atomic mass is 19.1. The van der Waals surface area contributed by atoms with Crippen LogP contribution in [0.3, 0.4) is 0 Å². The molecule has 0 saturated carbocycles. The molecule has 5 nitrogen and oxygen atoms in total. The van der Waals surface area contributed by atoms with Crippen LogP contribution in [0.5, 0.6) is 0 Å². The van der Waals surface area contributed by atoms with Crippen molar-refractivity contribution in [3.8, 4) is 0 Å². The minimum atomic E-state index is -0.274. The third kappa shape index (κ3) is 5.10. The molecule has 0 saturated heterocycles. The van der Waals surface area contributed by atoms with E-state index >= 15 is 0 Å². The summed E-state index contributed by atoms with van der Waals surface area (Å²) >= 11 is 0. The van der Waals surface area contributed by atoms with Crippen LogP contribution < -0.4 is 10.6 Å². The predicted molar refractivity (Wildman–Crippen MR) is 103 cm³/mol. The SMILES string of the molecule is Cc1ccccc1CNC(=O)c1cnc(NCCc2ccccc2F)cn1. The smallest absolute Gasteiger partial charge is 0.271 e. The molecular formula is C21H21FN4O. The second-order valence-electron chi connectivity index (χ2n) is 6.16. The molecule has 0 radical (unpaired) electrons. The molecule has 0 aliphatic carbocycles. The summed E-state index contributed by atoms with van der Waals surface area (Å²) in [6.07, 6.45) is 3.47. The van der Waals surface area contributed by atoms with Gasteiger partial charge < -0.3 is 10.6 Å². The number of aromatic nitrogens is 2. The van der Waals surface area contributed by atoms with E-state index in [1.165, 1.54) is 18.5 Å². The van der Waals surface area contributed by atoms with Crippen LogP contribution in [0.2, 0.25) is 0 Å². The Morgan fingerprint density at radius 2 is 1.74 bits per heavy atom. The molecule has 3 rings (SSSR count). The highest BCUT2D eigenvalue weighted by molar-refractivity contribution is 5.91. The zero-order chi connectivity index (χ0) is 19.1. The van der Waals surface area contributed by atoms with Gasteiger partial charge in [0.2, 0.25) is 0 Å². The minimum Gasteiger partial charge on any atom is -0.368 e. The molecule has 2 N–H and O–H groups in total. The highest BCUT2D eigenvalue weighted by Crippen LogP contribution is 2.09. The zero-order valence-electron chi connectivity index (χ0n) is 15.1. The van der Waals surface area contributed by atoms with Gasteiger partial charge in [-0.3, -0.25) is 4.79 Å². The molecule has 1 aromatic heterocycles. The van der Waals surface area contributed by atoms with Crippen LogP contribution in [0.1, 0.15) is 27.2 Å². The summed E-state index contributed by atoms with van der Waals surface area (Å²) in [7, 11) is 0. The molecule has 2 aromatic carbocycles. The van der Waals surface area contributed by atoms with Crippen molar-refractivity contribution in [1.82, 2.24) is 15.3 Å². The fourth-order valence-electron chi connectivity index (χ4n) is 2.64. The average Bonchev–Trinajstić information content (AvgIpc) is 2.69. The van der Waals surface area contributed by atoms with Gasteiger partial charge in [-0.15, -0.1) is 0 Å². The van der Waals surface area contributed by atoms with Gasteiger partial charge in [-0.2, -0.15) is 0 Å². The van der Waals surface area contributed by atoms with Gasteiger partial charge in [0.1, 0.15) is 17.3 Å². The van der Waals surface area contributed by atoms with Crippen LogP contribution in [0, 0.1) is 12.7 Å². The van der Waals surface area contributed by atoms with Crippen molar-refractivity contribution in [2.75, 3.05) is 11.9 Å². The molecule has 27 heavy (non-hydrogen) atoms. The number of rotatable bonds is 7. The maximum Gasteiger partial charge on any atom is 0.271 e. The Hall–Kier alpha value is -3.28. The molecule has 0 bridgehead atoms. The number of hydrogen-bond acceptors (Lipinski definition) is 4. The van der Waals surface area contributed by atoms with Gasteiger partial charge in [0, 0.05) is 13.1 Å². The minimum absolute atomic E-state index is 0.217. The number of halogens is 1. The summed E-state index contributed by atoms with van der Waals surface area (Å²) < 4.78 is 13.6. The summed E-state index contributed by atoms with van der Waals surface area (Å²) in [6.45, 7) is 2.97. The van der Waals surface area contributed by atoms with Crippen molar-refractivity contribution in [3.63, 3.8) is 0 Å². The first kappa shape index (κ1) is 18.5. The maximum atomic E-state index is 13.6. The van der Waals surface area contributed by atoms with Crippen molar-refractivity contribution in [3.05, 3.63) is 89.1 Å². The van der Waals surface area contributed by atoms with Crippen molar-refractivity contribution in [2.45, 2.75) is 19.9 Å². The lowest BCUT2D eigenvalue weighted by molar-refractivity contribution is 0.0945. The number of benzene rings is 2. The summed E-state index contributed by atoms with van der Waals surface area (Å²) in [5.41, 5.74) is 3.08. The lowest BCUT2D eigenvalue weighted by Crippen LogP contribution is -2.24. The number of carbonyl (C=O) groups excluding carboxylic acids is 1. The Labute approximate surface area is 157 Å². The molecule has 0 fully saturated rings. The first-order valence-electron chi connectivity index (χ1n) is 8.75. The van der Waals surface area contributed by atoms with Gasteiger partial charge in [-0.1, -0.05) is 42.5 Å². The lowest BCUT2D eigenvalue weighted by Gasteiger charge is -2.08. The van der Waals surface area contributed by atoms with E-state index in [9.17, 15) is 9.18 Å². The fourth-order valence-corrected chi connectivity index (χ4v) is 2.64. The normalized spacial score (nSPS) is 10.4. The summed E-state index contributed by atoms with van der Waals surface area (Å²) in [5.74, 6) is 0.0523. The van der Waals surface area contributed by atoms with Crippen LogP contribution in [0.4, 0.5) is 10.2 Å². The fraction of sp³-hybridized carbons (Fsp3) is 0.190. The summed E-state index contributed by atoms with van der Waals surface area (Å²) in [4.78, 5) is 20.5. The number of carbonyl (C=O) groups is 1. The zero-order valence-corrected chi connectivity index (χ0v) is 15.1. The molecule has 0 unspecified atom stereocenters. The van der Waals surface area contributed by atoms with Crippen molar-refractivity contribution in [2.24, 2.45) is 0 Å². The molecule has 0 aliphatic heterocycles. The Morgan fingerprint density at radius 3 is 2.44 bits per heavy atom. The number of aryl methyl sites for hydroxylation is 1. The third-order valence-corrected chi connectivity index (χ3v) is 4.24. The van der Waals surface area contributed by atoms with Crippen molar-refractivity contribution < 1.29 is 9.18 Å². The monoisotopic (exact) mass is 364 g/mol. The van der Waals surface area contributed by atoms with Gasteiger partial charge in [0.05, 0.1) is 12.4 Å². The maximum absolute atomic E-state index is 13.6. The molecule has 3 aromatic rings. The molecule has 1 heterocycles. The number of nitrogens with one attached hydrogen (secondary N) is 2. The average molecular weight is 364 g/mol. The van der Waals surface area contributed by atoms with E-state index in [1.807, 2.05) is 37.3 Å².